The third kappa shape index (κ3) is 3.31. The summed E-state index contributed by atoms with van der Waals surface area (Å²) < 4.78 is 7.40. The molecule has 0 saturated heterocycles. The zero-order valence-corrected chi connectivity index (χ0v) is 16.3. The molecule has 1 N–H and O–H groups in total. The molecule has 0 amide bonds. The number of benzene rings is 1. The van der Waals surface area contributed by atoms with Gasteiger partial charge in [0.25, 0.3) is 0 Å². The predicted octanol–water partition coefficient (Wildman–Crippen LogP) is 3.29. The lowest BCUT2D eigenvalue weighted by molar-refractivity contribution is 0.189. The van der Waals surface area contributed by atoms with Crippen molar-refractivity contribution in [2.75, 3.05) is 18.7 Å². The summed E-state index contributed by atoms with van der Waals surface area (Å²) >= 11 is 1.61. The van der Waals surface area contributed by atoms with Crippen LogP contribution in [0, 0.1) is 6.92 Å². The highest BCUT2D eigenvalue weighted by Gasteiger charge is 2.26. The Morgan fingerprint density at radius 3 is 2.81 bits per heavy atom. The number of aryl methyl sites for hydroxylation is 1. The van der Waals surface area contributed by atoms with Crippen LogP contribution in [-0.4, -0.2) is 38.5 Å². The van der Waals surface area contributed by atoms with Gasteiger partial charge in [-0.05, 0) is 31.5 Å². The van der Waals surface area contributed by atoms with E-state index >= 15 is 0 Å². The third-order valence-corrected chi connectivity index (χ3v) is 5.55. The molecule has 1 unspecified atom stereocenters. The van der Waals surface area contributed by atoms with Crippen molar-refractivity contribution < 1.29 is 9.84 Å². The van der Waals surface area contributed by atoms with Crippen LogP contribution in [0.1, 0.15) is 30.0 Å². The van der Waals surface area contributed by atoms with Crippen LogP contribution in [0.3, 0.4) is 0 Å². The van der Waals surface area contributed by atoms with E-state index in [2.05, 4.69) is 33.2 Å². The fourth-order valence-electron chi connectivity index (χ4n) is 3.37. The van der Waals surface area contributed by atoms with E-state index in [1.807, 2.05) is 16.4 Å². The maximum Gasteiger partial charge on any atom is 0.168 e. The standard InChI is InChI=1S/C19H21N5O2S/c1-12-17(13(2)25)23(10-22-12)9-14-4-5-16-15(8-14)24(11-26-3)18-19(27-16)21-7-6-20-18/h4-8,10,13,25H,9,11H2,1-3H3. The summed E-state index contributed by atoms with van der Waals surface area (Å²) in [4.78, 5) is 16.4. The first-order valence-corrected chi connectivity index (χ1v) is 9.48. The molecular formula is C19H21N5O2S. The highest BCUT2D eigenvalue weighted by Crippen LogP contribution is 2.46. The number of fused-ring (bicyclic) bond motifs is 2. The number of anilines is 2. The van der Waals surface area contributed by atoms with Crippen molar-refractivity contribution in [2.45, 2.75) is 36.4 Å². The third-order valence-electron chi connectivity index (χ3n) is 4.50. The van der Waals surface area contributed by atoms with Crippen LogP contribution in [0.5, 0.6) is 0 Å². The number of aromatic nitrogens is 4. The molecule has 0 saturated carbocycles. The van der Waals surface area contributed by atoms with E-state index in [1.165, 1.54) is 0 Å². The SMILES string of the molecule is COCN1c2cc(Cn3cnc(C)c3C(C)O)ccc2Sc2nccnc21. The van der Waals surface area contributed by atoms with Crippen LogP contribution >= 0.6 is 11.8 Å². The van der Waals surface area contributed by atoms with Gasteiger partial charge >= 0.3 is 0 Å². The molecule has 0 aliphatic carbocycles. The van der Waals surface area contributed by atoms with Crippen LogP contribution in [0.4, 0.5) is 11.5 Å². The molecular weight excluding hydrogens is 362 g/mol. The molecule has 140 valence electrons. The summed E-state index contributed by atoms with van der Waals surface area (Å²) in [7, 11) is 1.67. The number of aliphatic hydroxyl groups excluding tert-OH is 1. The van der Waals surface area contributed by atoms with Crippen molar-refractivity contribution in [3.8, 4) is 0 Å². The minimum Gasteiger partial charge on any atom is -0.387 e. The Bertz CT molecular complexity index is 972. The summed E-state index contributed by atoms with van der Waals surface area (Å²) in [5.74, 6) is 0.803. The Morgan fingerprint density at radius 1 is 1.22 bits per heavy atom. The number of ether oxygens (including phenoxy) is 1. The summed E-state index contributed by atoms with van der Waals surface area (Å²) in [5.41, 5.74) is 3.85. The molecule has 8 heteroatoms. The van der Waals surface area contributed by atoms with E-state index in [0.717, 1.165) is 38.4 Å². The largest absolute Gasteiger partial charge is 0.387 e. The molecule has 0 spiro atoms. The number of methoxy groups -OCH3 is 1. The smallest absolute Gasteiger partial charge is 0.168 e. The number of hydrogen-bond acceptors (Lipinski definition) is 7. The van der Waals surface area contributed by atoms with Crippen molar-refractivity contribution in [2.24, 2.45) is 0 Å². The maximum absolute atomic E-state index is 10.1. The van der Waals surface area contributed by atoms with Gasteiger partial charge in [-0.15, -0.1) is 0 Å². The number of nitrogens with zero attached hydrogens (tertiary/aromatic N) is 5. The van der Waals surface area contributed by atoms with E-state index in [0.29, 0.717) is 13.3 Å². The van der Waals surface area contributed by atoms with Crippen molar-refractivity contribution in [1.29, 1.82) is 0 Å². The molecule has 3 aromatic rings. The molecule has 1 aromatic carbocycles. The average molecular weight is 383 g/mol. The highest BCUT2D eigenvalue weighted by atomic mass is 32.2. The topological polar surface area (TPSA) is 76.3 Å². The lowest BCUT2D eigenvalue weighted by Crippen LogP contribution is -2.24. The van der Waals surface area contributed by atoms with E-state index in [1.54, 1.807) is 44.5 Å². The maximum atomic E-state index is 10.1. The summed E-state index contributed by atoms with van der Waals surface area (Å²) in [6, 6.07) is 6.33. The van der Waals surface area contributed by atoms with Gasteiger partial charge in [0.1, 0.15) is 11.8 Å². The fraction of sp³-hybridized carbons (Fsp3) is 0.316. The normalized spacial score (nSPS) is 14.0. The summed E-state index contributed by atoms with van der Waals surface area (Å²) in [5, 5.41) is 10.9. The Morgan fingerprint density at radius 2 is 2.04 bits per heavy atom. The number of hydrogen-bond donors (Lipinski definition) is 1. The lowest BCUT2D eigenvalue weighted by Gasteiger charge is -2.30. The van der Waals surface area contributed by atoms with Gasteiger partial charge in [0.05, 0.1) is 29.5 Å². The first kappa shape index (κ1) is 18.0. The minimum atomic E-state index is -0.562. The predicted molar refractivity (Wildman–Crippen MR) is 103 cm³/mol. The molecule has 0 bridgehead atoms. The van der Waals surface area contributed by atoms with Crippen molar-refractivity contribution >= 4 is 23.3 Å². The molecule has 3 heterocycles. The molecule has 7 nitrogen and oxygen atoms in total. The molecule has 1 aliphatic rings. The Hall–Kier alpha value is -2.42. The summed E-state index contributed by atoms with van der Waals surface area (Å²) in [6.45, 7) is 4.71. The van der Waals surface area contributed by atoms with Crippen LogP contribution in [0.25, 0.3) is 0 Å². The van der Waals surface area contributed by atoms with Gasteiger partial charge in [0.2, 0.25) is 0 Å². The van der Waals surface area contributed by atoms with Gasteiger partial charge in [0, 0.05) is 30.9 Å². The molecule has 0 radical (unpaired) electrons. The van der Waals surface area contributed by atoms with E-state index in [4.69, 9.17) is 4.74 Å². The Labute approximate surface area is 162 Å². The lowest BCUT2D eigenvalue weighted by atomic mass is 10.1. The van der Waals surface area contributed by atoms with Gasteiger partial charge in [-0.25, -0.2) is 15.0 Å². The van der Waals surface area contributed by atoms with Gasteiger partial charge < -0.3 is 14.4 Å². The van der Waals surface area contributed by atoms with Gasteiger partial charge in [-0.3, -0.25) is 4.90 Å². The molecule has 0 fully saturated rings. The van der Waals surface area contributed by atoms with Crippen molar-refractivity contribution in [3.63, 3.8) is 0 Å². The first-order chi connectivity index (χ1) is 13.1. The van der Waals surface area contributed by atoms with Crippen LogP contribution in [0.2, 0.25) is 0 Å². The molecule has 27 heavy (non-hydrogen) atoms. The zero-order chi connectivity index (χ0) is 19.0. The number of rotatable bonds is 5. The van der Waals surface area contributed by atoms with Crippen LogP contribution in [-0.2, 0) is 11.3 Å². The molecule has 1 aliphatic heterocycles. The van der Waals surface area contributed by atoms with Gasteiger partial charge in [-0.1, -0.05) is 17.8 Å². The van der Waals surface area contributed by atoms with Gasteiger partial charge in [0.15, 0.2) is 5.82 Å². The fourth-order valence-corrected chi connectivity index (χ4v) is 4.35. The zero-order valence-electron chi connectivity index (χ0n) is 15.5. The second-order valence-corrected chi connectivity index (χ2v) is 7.48. The number of aliphatic hydroxyl groups is 1. The first-order valence-electron chi connectivity index (χ1n) is 8.66. The number of imidazole rings is 1. The summed E-state index contributed by atoms with van der Waals surface area (Å²) in [6.07, 6.45) is 4.61. The van der Waals surface area contributed by atoms with Crippen LogP contribution in [0.15, 0.2) is 46.8 Å². The quantitative estimate of drug-likeness (QED) is 0.724. The molecule has 4 rings (SSSR count). The monoisotopic (exact) mass is 383 g/mol. The second kappa shape index (κ2) is 7.30. The highest BCUT2D eigenvalue weighted by molar-refractivity contribution is 7.99. The van der Waals surface area contributed by atoms with Gasteiger partial charge in [-0.2, -0.15) is 0 Å². The van der Waals surface area contributed by atoms with E-state index in [9.17, 15) is 5.11 Å². The Balaban J connectivity index is 1.71. The van der Waals surface area contributed by atoms with E-state index in [-0.39, 0.29) is 0 Å². The molecule has 1 atom stereocenters. The average Bonchev–Trinajstić information content (AvgIpc) is 3.02. The Kier molecular flexibility index (Phi) is 4.86. The van der Waals surface area contributed by atoms with Crippen molar-refractivity contribution in [3.05, 3.63) is 53.9 Å². The van der Waals surface area contributed by atoms with Crippen LogP contribution < -0.4 is 4.90 Å². The minimum absolute atomic E-state index is 0.395. The molecule has 2 aromatic heterocycles. The van der Waals surface area contributed by atoms with Crippen molar-refractivity contribution in [1.82, 2.24) is 19.5 Å². The van der Waals surface area contributed by atoms with E-state index < -0.39 is 6.10 Å². The second-order valence-electron chi connectivity index (χ2n) is 6.45.